The van der Waals surface area contributed by atoms with E-state index in [0.29, 0.717) is 23.5 Å². The Bertz CT molecular complexity index is 1360. The Balaban J connectivity index is 1.43. The molecule has 170 valence electrons. The molecule has 0 unspecified atom stereocenters. The van der Waals surface area contributed by atoms with Crippen molar-refractivity contribution in [3.63, 3.8) is 0 Å². The van der Waals surface area contributed by atoms with Crippen molar-refractivity contribution in [3.8, 4) is 5.69 Å². The van der Waals surface area contributed by atoms with Crippen molar-refractivity contribution in [2.24, 2.45) is 0 Å². The molecule has 1 aliphatic rings. The second kappa shape index (κ2) is 8.94. The van der Waals surface area contributed by atoms with Crippen LogP contribution in [-0.2, 0) is 6.42 Å². The van der Waals surface area contributed by atoms with Gasteiger partial charge in [-0.3, -0.25) is 9.59 Å². The van der Waals surface area contributed by atoms with Gasteiger partial charge in [-0.1, -0.05) is 24.3 Å². The lowest BCUT2D eigenvalue weighted by molar-refractivity contribution is 0.0979. The number of rotatable bonds is 4. The number of aromatic nitrogens is 2. The minimum absolute atomic E-state index is 0.180. The van der Waals surface area contributed by atoms with Gasteiger partial charge in [0.1, 0.15) is 5.82 Å². The second-order valence-electron chi connectivity index (χ2n) is 8.24. The van der Waals surface area contributed by atoms with Gasteiger partial charge in [0.25, 0.3) is 11.8 Å². The van der Waals surface area contributed by atoms with Gasteiger partial charge < -0.3 is 10.2 Å². The molecule has 2 heterocycles. The highest BCUT2D eigenvalue weighted by atomic mass is 19.1. The lowest BCUT2D eigenvalue weighted by Gasteiger charge is -2.30. The molecule has 34 heavy (non-hydrogen) atoms. The molecule has 0 spiro atoms. The minimum Gasteiger partial charge on any atom is -0.322 e. The maximum absolute atomic E-state index is 13.5. The van der Waals surface area contributed by atoms with E-state index in [1.807, 2.05) is 55.5 Å². The van der Waals surface area contributed by atoms with Crippen LogP contribution in [0.15, 0.2) is 78.9 Å². The molecular weight excluding hydrogens is 431 g/mol. The van der Waals surface area contributed by atoms with Gasteiger partial charge in [0, 0.05) is 29.2 Å². The molecule has 4 aromatic rings. The van der Waals surface area contributed by atoms with Crippen molar-refractivity contribution in [3.05, 3.63) is 107 Å². The van der Waals surface area contributed by atoms with E-state index in [4.69, 9.17) is 0 Å². The number of hydrogen-bond donors (Lipinski definition) is 1. The molecule has 2 amide bonds. The third-order valence-corrected chi connectivity index (χ3v) is 5.96. The van der Waals surface area contributed by atoms with E-state index >= 15 is 0 Å². The quantitative estimate of drug-likeness (QED) is 0.463. The number of benzene rings is 3. The summed E-state index contributed by atoms with van der Waals surface area (Å²) in [5, 5.41) is 7.49. The van der Waals surface area contributed by atoms with E-state index in [9.17, 15) is 14.0 Å². The van der Waals surface area contributed by atoms with E-state index in [1.165, 1.54) is 24.3 Å². The van der Waals surface area contributed by atoms with Crippen LogP contribution in [0.4, 0.5) is 15.8 Å². The van der Waals surface area contributed by atoms with Gasteiger partial charge in [-0.05, 0) is 79.9 Å². The summed E-state index contributed by atoms with van der Waals surface area (Å²) < 4.78 is 15.0. The molecule has 7 heteroatoms. The zero-order chi connectivity index (χ0) is 23.7. The number of halogens is 1. The van der Waals surface area contributed by atoms with Gasteiger partial charge in [-0.25, -0.2) is 9.07 Å². The molecule has 0 saturated carbocycles. The van der Waals surface area contributed by atoms with Crippen molar-refractivity contribution in [2.75, 3.05) is 16.8 Å². The standard InChI is InChI=1S/C27H23FN4O2/c1-18-17-24(30-32(18)21-7-3-2-4-8-21)27(34)31-16-6-9-22-23(10-5-11-25(22)31)29-26(33)19-12-14-20(28)15-13-19/h2-5,7-8,10-15,17H,6,9,16H2,1H3,(H,29,33). The van der Waals surface area contributed by atoms with Crippen LogP contribution < -0.4 is 10.2 Å². The van der Waals surface area contributed by atoms with Gasteiger partial charge >= 0.3 is 0 Å². The molecule has 3 aromatic carbocycles. The monoisotopic (exact) mass is 454 g/mol. The Morgan fingerprint density at radius 1 is 0.971 bits per heavy atom. The predicted octanol–water partition coefficient (Wildman–Crippen LogP) is 5.17. The van der Waals surface area contributed by atoms with Gasteiger partial charge in [0.2, 0.25) is 0 Å². The fourth-order valence-corrected chi connectivity index (χ4v) is 4.30. The van der Waals surface area contributed by atoms with Crippen LogP contribution in [0.25, 0.3) is 5.69 Å². The number of carbonyl (C=O) groups excluding carboxylic acids is 2. The van der Waals surface area contributed by atoms with Crippen molar-refractivity contribution in [2.45, 2.75) is 19.8 Å². The zero-order valence-electron chi connectivity index (χ0n) is 18.7. The van der Waals surface area contributed by atoms with Crippen LogP contribution in [0.1, 0.15) is 38.5 Å². The molecule has 0 saturated heterocycles. The Morgan fingerprint density at radius 3 is 2.50 bits per heavy atom. The first-order valence-electron chi connectivity index (χ1n) is 11.1. The molecular formula is C27H23FN4O2. The molecule has 0 atom stereocenters. The predicted molar refractivity (Wildman–Crippen MR) is 129 cm³/mol. The Morgan fingerprint density at radius 2 is 1.74 bits per heavy atom. The summed E-state index contributed by atoms with van der Waals surface area (Å²) >= 11 is 0. The SMILES string of the molecule is Cc1cc(C(=O)N2CCCc3c(NC(=O)c4ccc(F)cc4)cccc32)nn1-c1ccccc1. The van der Waals surface area contributed by atoms with E-state index in [-0.39, 0.29) is 11.8 Å². The second-order valence-corrected chi connectivity index (χ2v) is 8.24. The molecule has 0 bridgehead atoms. The summed E-state index contributed by atoms with van der Waals surface area (Å²) in [6.07, 6.45) is 1.50. The van der Waals surface area contributed by atoms with Crippen LogP contribution in [0.3, 0.4) is 0 Å². The maximum Gasteiger partial charge on any atom is 0.278 e. The van der Waals surface area contributed by atoms with E-state index in [1.54, 1.807) is 15.6 Å². The fraction of sp³-hybridized carbons (Fsp3) is 0.148. The lowest BCUT2D eigenvalue weighted by atomic mass is 9.99. The summed E-state index contributed by atoms with van der Waals surface area (Å²) in [5.41, 5.74) is 4.81. The molecule has 0 fully saturated rings. The Labute approximate surface area is 196 Å². The molecule has 1 aliphatic heterocycles. The average molecular weight is 455 g/mol. The van der Waals surface area contributed by atoms with Gasteiger partial charge in [-0.15, -0.1) is 0 Å². The van der Waals surface area contributed by atoms with Crippen LogP contribution in [0.2, 0.25) is 0 Å². The summed E-state index contributed by atoms with van der Waals surface area (Å²) in [6.45, 7) is 2.49. The van der Waals surface area contributed by atoms with Crippen molar-refractivity contribution >= 4 is 23.2 Å². The molecule has 1 N–H and O–H groups in total. The van der Waals surface area contributed by atoms with Crippen molar-refractivity contribution in [1.29, 1.82) is 0 Å². The van der Waals surface area contributed by atoms with Gasteiger partial charge in [0.15, 0.2) is 5.69 Å². The minimum atomic E-state index is -0.396. The summed E-state index contributed by atoms with van der Waals surface area (Å²) in [5.74, 6) is -0.900. The first-order valence-corrected chi connectivity index (χ1v) is 11.1. The first-order chi connectivity index (χ1) is 16.5. The van der Waals surface area contributed by atoms with Crippen LogP contribution in [0, 0.1) is 12.7 Å². The van der Waals surface area contributed by atoms with Crippen LogP contribution >= 0.6 is 0 Å². The van der Waals surface area contributed by atoms with Crippen LogP contribution in [0.5, 0.6) is 0 Å². The molecule has 0 radical (unpaired) electrons. The first kappa shape index (κ1) is 21.6. The number of aryl methyl sites for hydroxylation is 1. The van der Waals surface area contributed by atoms with E-state index < -0.39 is 5.82 Å². The van der Waals surface area contributed by atoms with Crippen LogP contribution in [-0.4, -0.2) is 28.1 Å². The Hall–Kier alpha value is -4.26. The number of nitrogens with zero attached hydrogens (tertiary/aromatic N) is 3. The van der Waals surface area contributed by atoms with Crippen molar-refractivity contribution in [1.82, 2.24) is 9.78 Å². The topological polar surface area (TPSA) is 67.2 Å². The molecule has 5 rings (SSSR count). The number of anilines is 2. The van der Waals surface area contributed by atoms with E-state index in [0.717, 1.165) is 35.5 Å². The Kier molecular flexibility index (Phi) is 5.67. The third-order valence-electron chi connectivity index (χ3n) is 5.96. The number of carbonyl (C=O) groups is 2. The third kappa shape index (κ3) is 4.08. The molecule has 0 aliphatic carbocycles. The average Bonchev–Trinajstić information content (AvgIpc) is 3.26. The summed E-state index contributed by atoms with van der Waals surface area (Å²) in [7, 11) is 0. The maximum atomic E-state index is 13.5. The normalized spacial score (nSPS) is 12.8. The highest BCUT2D eigenvalue weighted by Gasteiger charge is 2.27. The largest absolute Gasteiger partial charge is 0.322 e. The summed E-state index contributed by atoms with van der Waals surface area (Å²) in [6, 6.07) is 22.4. The van der Waals surface area contributed by atoms with Gasteiger partial charge in [-0.2, -0.15) is 5.10 Å². The molecule has 1 aromatic heterocycles. The fourth-order valence-electron chi connectivity index (χ4n) is 4.30. The number of amides is 2. The zero-order valence-corrected chi connectivity index (χ0v) is 18.7. The van der Waals surface area contributed by atoms with Crippen molar-refractivity contribution < 1.29 is 14.0 Å². The molecule has 6 nitrogen and oxygen atoms in total. The number of hydrogen-bond acceptors (Lipinski definition) is 3. The van der Waals surface area contributed by atoms with Gasteiger partial charge in [0.05, 0.1) is 5.69 Å². The number of para-hydroxylation sites is 1. The number of fused-ring (bicyclic) bond motifs is 1. The summed E-state index contributed by atoms with van der Waals surface area (Å²) in [4.78, 5) is 27.9. The number of nitrogens with one attached hydrogen (secondary N) is 1. The smallest absolute Gasteiger partial charge is 0.278 e. The lowest BCUT2D eigenvalue weighted by Crippen LogP contribution is -2.36. The van der Waals surface area contributed by atoms with E-state index in [2.05, 4.69) is 10.4 Å². The highest BCUT2D eigenvalue weighted by molar-refractivity contribution is 6.08. The highest BCUT2D eigenvalue weighted by Crippen LogP contribution is 2.34.